The van der Waals surface area contributed by atoms with Crippen molar-refractivity contribution in [3.63, 3.8) is 0 Å². The van der Waals surface area contributed by atoms with E-state index in [-0.39, 0.29) is 5.54 Å². The van der Waals surface area contributed by atoms with Crippen molar-refractivity contribution in [3.8, 4) is 0 Å². The topological polar surface area (TPSA) is 25.2 Å². The molecular formula is C12H21NO. The largest absolute Gasteiger partial charge is 0.466 e. The van der Waals surface area contributed by atoms with Crippen molar-refractivity contribution in [2.75, 3.05) is 0 Å². The second-order valence-corrected chi connectivity index (χ2v) is 4.92. The van der Waals surface area contributed by atoms with E-state index in [1.165, 1.54) is 11.1 Å². The van der Waals surface area contributed by atoms with Gasteiger partial charge in [0, 0.05) is 17.6 Å². The first-order chi connectivity index (χ1) is 6.31. The average molecular weight is 195 g/mol. The van der Waals surface area contributed by atoms with Crippen molar-refractivity contribution >= 4 is 0 Å². The first-order valence-corrected chi connectivity index (χ1v) is 5.12. The SMILES string of the molecule is Cc1oc(C)c(CNC(C)(C)C)c1C. The van der Waals surface area contributed by atoms with Crippen molar-refractivity contribution in [3.05, 3.63) is 22.6 Å². The summed E-state index contributed by atoms with van der Waals surface area (Å²) in [5.74, 6) is 2.07. The van der Waals surface area contributed by atoms with Gasteiger partial charge >= 0.3 is 0 Å². The summed E-state index contributed by atoms with van der Waals surface area (Å²) >= 11 is 0. The molecule has 0 aromatic carbocycles. The highest BCUT2D eigenvalue weighted by Gasteiger charge is 2.14. The predicted octanol–water partition coefficient (Wildman–Crippen LogP) is 3.09. The van der Waals surface area contributed by atoms with Crippen LogP contribution in [0.5, 0.6) is 0 Å². The minimum Gasteiger partial charge on any atom is -0.466 e. The molecule has 1 aromatic heterocycles. The second kappa shape index (κ2) is 3.77. The fourth-order valence-corrected chi connectivity index (χ4v) is 1.45. The molecule has 2 heteroatoms. The van der Waals surface area contributed by atoms with Crippen molar-refractivity contribution in [1.82, 2.24) is 5.32 Å². The van der Waals surface area contributed by atoms with Crippen molar-refractivity contribution in [1.29, 1.82) is 0 Å². The Labute approximate surface area is 86.7 Å². The third-order valence-corrected chi connectivity index (χ3v) is 2.51. The Morgan fingerprint density at radius 2 is 1.64 bits per heavy atom. The summed E-state index contributed by atoms with van der Waals surface area (Å²) in [4.78, 5) is 0. The maximum atomic E-state index is 5.57. The maximum Gasteiger partial charge on any atom is 0.105 e. The van der Waals surface area contributed by atoms with Crippen LogP contribution in [0.4, 0.5) is 0 Å². The summed E-state index contributed by atoms with van der Waals surface area (Å²) < 4.78 is 5.57. The van der Waals surface area contributed by atoms with Gasteiger partial charge in [-0.25, -0.2) is 0 Å². The molecule has 0 aliphatic rings. The number of hydrogen-bond donors (Lipinski definition) is 1. The summed E-state index contributed by atoms with van der Waals surface area (Å²) in [6, 6.07) is 0. The van der Waals surface area contributed by atoms with Gasteiger partial charge in [-0.3, -0.25) is 0 Å². The van der Waals surface area contributed by atoms with Crippen LogP contribution in [0.25, 0.3) is 0 Å². The summed E-state index contributed by atoms with van der Waals surface area (Å²) in [5.41, 5.74) is 2.74. The Morgan fingerprint density at radius 3 is 2.00 bits per heavy atom. The van der Waals surface area contributed by atoms with Crippen molar-refractivity contribution in [2.45, 2.75) is 53.6 Å². The van der Waals surface area contributed by atoms with Gasteiger partial charge in [-0.2, -0.15) is 0 Å². The minimum absolute atomic E-state index is 0.157. The fraction of sp³-hybridized carbons (Fsp3) is 0.667. The molecule has 1 heterocycles. The molecule has 0 spiro atoms. The zero-order valence-corrected chi connectivity index (χ0v) is 10.1. The average Bonchev–Trinajstić information content (AvgIpc) is 2.23. The number of furan rings is 1. The number of nitrogens with one attached hydrogen (secondary N) is 1. The first kappa shape index (κ1) is 11.3. The van der Waals surface area contributed by atoms with E-state index in [0.29, 0.717) is 0 Å². The third kappa shape index (κ3) is 2.61. The van der Waals surface area contributed by atoms with Gasteiger partial charge in [0.15, 0.2) is 0 Å². The van der Waals surface area contributed by atoms with E-state index in [1.807, 2.05) is 13.8 Å². The maximum absolute atomic E-state index is 5.57. The monoisotopic (exact) mass is 195 g/mol. The molecule has 1 aromatic rings. The van der Waals surface area contributed by atoms with Crippen LogP contribution in [0.3, 0.4) is 0 Å². The molecule has 0 saturated carbocycles. The molecule has 1 rings (SSSR count). The third-order valence-electron chi connectivity index (χ3n) is 2.51. The van der Waals surface area contributed by atoms with E-state index < -0.39 is 0 Å². The molecule has 0 atom stereocenters. The van der Waals surface area contributed by atoms with E-state index in [1.54, 1.807) is 0 Å². The van der Waals surface area contributed by atoms with Gasteiger partial charge in [-0.05, 0) is 47.1 Å². The molecule has 0 aliphatic heterocycles. The lowest BCUT2D eigenvalue weighted by Gasteiger charge is -2.20. The highest BCUT2D eigenvalue weighted by Crippen LogP contribution is 2.20. The lowest BCUT2D eigenvalue weighted by Crippen LogP contribution is -2.35. The molecule has 0 fully saturated rings. The van der Waals surface area contributed by atoms with Crippen molar-refractivity contribution in [2.24, 2.45) is 0 Å². The Balaban J connectivity index is 2.77. The van der Waals surface area contributed by atoms with Gasteiger partial charge < -0.3 is 9.73 Å². The molecule has 0 saturated heterocycles. The zero-order valence-electron chi connectivity index (χ0n) is 10.1. The molecule has 14 heavy (non-hydrogen) atoms. The Bertz CT molecular complexity index is 318. The minimum atomic E-state index is 0.157. The van der Waals surface area contributed by atoms with Gasteiger partial charge in [-0.1, -0.05) is 0 Å². The zero-order chi connectivity index (χ0) is 10.9. The standard InChI is InChI=1S/C12H21NO/c1-8-9(2)14-10(3)11(8)7-13-12(4,5)6/h13H,7H2,1-6H3. The van der Waals surface area contributed by atoms with Crippen LogP contribution in [0, 0.1) is 20.8 Å². The fourth-order valence-electron chi connectivity index (χ4n) is 1.45. The second-order valence-electron chi connectivity index (χ2n) is 4.92. The number of rotatable bonds is 2. The highest BCUT2D eigenvalue weighted by atomic mass is 16.3. The molecule has 80 valence electrons. The van der Waals surface area contributed by atoms with Crippen LogP contribution in [-0.2, 0) is 6.54 Å². The Morgan fingerprint density at radius 1 is 1.07 bits per heavy atom. The summed E-state index contributed by atoms with van der Waals surface area (Å²) in [6.07, 6.45) is 0. The summed E-state index contributed by atoms with van der Waals surface area (Å²) in [6.45, 7) is 13.6. The van der Waals surface area contributed by atoms with Crippen LogP contribution >= 0.6 is 0 Å². The van der Waals surface area contributed by atoms with Gasteiger partial charge in [0.2, 0.25) is 0 Å². The molecule has 0 amide bonds. The van der Waals surface area contributed by atoms with Crippen LogP contribution in [0.1, 0.15) is 43.4 Å². The van der Waals surface area contributed by atoms with E-state index >= 15 is 0 Å². The molecule has 0 radical (unpaired) electrons. The Hall–Kier alpha value is -0.760. The normalized spacial score (nSPS) is 12.1. The van der Waals surface area contributed by atoms with E-state index in [9.17, 15) is 0 Å². The van der Waals surface area contributed by atoms with Crippen LogP contribution in [-0.4, -0.2) is 5.54 Å². The van der Waals surface area contributed by atoms with Gasteiger partial charge in [0.1, 0.15) is 11.5 Å². The molecule has 0 aliphatic carbocycles. The van der Waals surface area contributed by atoms with Crippen LogP contribution in [0.2, 0.25) is 0 Å². The molecule has 0 bridgehead atoms. The first-order valence-electron chi connectivity index (χ1n) is 5.12. The molecule has 0 unspecified atom stereocenters. The van der Waals surface area contributed by atoms with Crippen molar-refractivity contribution < 1.29 is 4.42 Å². The van der Waals surface area contributed by atoms with Gasteiger partial charge in [-0.15, -0.1) is 0 Å². The highest BCUT2D eigenvalue weighted by molar-refractivity contribution is 5.31. The molecule has 1 N–H and O–H groups in total. The number of aryl methyl sites for hydroxylation is 2. The quantitative estimate of drug-likeness (QED) is 0.784. The molecular weight excluding hydrogens is 174 g/mol. The lowest BCUT2D eigenvalue weighted by atomic mass is 10.1. The molecule has 2 nitrogen and oxygen atoms in total. The Kier molecular flexibility index (Phi) is 3.05. The van der Waals surface area contributed by atoms with E-state index in [4.69, 9.17) is 4.42 Å². The van der Waals surface area contributed by atoms with E-state index in [2.05, 4.69) is 33.0 Å². The summed E-state index contributed by atoms with van der Waals surface area (Å²) in [5, 5.41) is 3.47. The van der Waals surface area contributed by atoms with Gasteiger partial charge in [0.25, 0.3) is 0 Å². The van der Waals surface area contributed by atoms with Crippen LogP contribution < -0.4 is 5.32 Å². The van der Waals surface area contributed by atoms with Gasteiger partial charge in [0.05, 0.1) is 0 Å². The summed E-state index contributed by atoms with van der Waals surface area (Å²) in [7, 11) is 0. The lowest BCUT2D eigenvalue weighted by molar-refractivity contribution is 0.420. The van der Waals surface area contributed by atoms with E-state index in [0.717, 1.165) is 18.1 Å². The smallest absolute Gasteiger partial charge is 0.105 e. The number of hydrogen-bond acceptors (Lipinski definition) is 2. The predicted molar refractivity (Wildman–Crippen MR) is 59.5 cm³/mol. The van der Waals surface area contributed by atoms with Crippen LogP contribution in [0.15, 0.2) is 4.42 Å².